The van der Waals surface area contributed by atoms with E-state index in [9.17, 15) is 0 Å². The molecule has 0 rings (SSSR count). The van der Waals surface area contributed by atoms with Crippen LogP contribution in [-0.2, 0) is 23.7 Å². The monoisotopic (exact) mass is 901 g/mol. The van der Waals surface area contributed by atoms with Gasteiger partial charge in [0.25, 0.3) is 0 Å². The van der Waals surface area contributed by atoms with Gasteiger partial charge in [0, 0.05) is 12.7 Å². The summed E-state index contributed by atoms with van der Waals surface area (Å²) in [5, 5.41) is 16.7. The van der Waals surface area contributed by atoms with Crippen LogP contribution in [0.25, 0.3) is 0 Å². The van der Waals surface area contributed by atoms with Gasteiger partial charge in [-0.1, -0.05) is 310 Å². The van der Waals surface area contributed by atoms with Crippen LogP contribution in [0.2, 0.25) is 0 Å². The van der Waals surface area contributed by atoms with E-state index in [2.05, 4.69) is 34.6 Å². The van der Waals surface area contributed by atoms with E-state index in [0.29, 0.717) is 6.61 Å². The predicted octanol–water partition coefficient (Wildman–Crippen LogP) is 20.7. The van der Waals surface area contributed by atoms with E-state index < -0.39 is 0 Å². The Morgan fingerprint density at radius 2 is 0.410 bits per heavy atom. The van der Waals surface area contributed by atoms with Crippen molar-refractivity contribution in [3.05, 3.63) is 13.8 Å². The summed E-state index contributed by atoms with van der Waals surface area (Å²) in [6.45, 7) is 18.5. The number of unbranched alkanes of at least 4 members (excludes halogenated alkanes) is 45. The van der Waals surface area contributed by atoms with Crippen LogP contribution in [0.3, 0.4) is 0 Å². The van der Waals surface area contributed by atoms with Gasteiger partial charge in [-0.3, -0.25) is 0 Å². The minimum absolute atomic E-state index is 0.167. The molecule has 370 valence electrons. The molecule has 0 aromatic heterocycles. The first-order valence-electron chi connectivity index (χ1n) is 28.1. The number of hydrogen-bond acceptors (Lipinski definition) is 3. The van der Waals surface area contributed by atoms with Gasteiger partial charge in [-0.25, -0.2) is 0 Å². The molecule has 0 fully saturated rings. The van der Waals surface area contributed by atoms with Gasteiger partial charge in [0.15, 0.2) is 0 Å². The molecular formula is C57H120O3Ti. The molecule has 0 spiro atoms. The van der Waals surface area contributed by atoms with Crippen LogP contribution in [-0.4, -0.2) is 22.9 Å². The van der Waals surface area contributed by atoms with Crippen molar-refractivity contribution in [3.8, 4) is 0 Å². The van der Waals surface area contributed by atoms with Crippen molar-refractivity contribution >= 4 is 0 Å². The summed E-state index contributed by atoms with van der Waals surface area (Å²) >= 11 is 0.750. The number of rotatable bonds is 46. The molecule has 3 nitrogen and oxygen atoms in total. The molecule has 0 aliphatic carbocycles. The Morgan fingerprint density at radius 3 is 0.525 bits per heavy atom. The van der Waals surface area contributed by atoms with Crippen LogP contribution >= 0.6 is 0 Å². The summed E-state index contributed by atoms with van der Waals surface area (Å²) in [7, 11) is 0. The molecule has 0 radical (unpaired) electrons. The fourth-order valence-electron chi connectivity index (χ4n) is 7.76. The summed E-state index contributed by atoms with van der Waals surface area (Å²) in [6.07, 6.45) is 67.7. The van der Waals surface area contributed by atoms with Crippen LogP contribution in [0.5, 0.6) is 0 Å². The minimum atomic E-state index is -0.167. The topological polar surface area (TPSA) is 57.5 Å². The molecule has 0 unspecified atom stereocenters. The molecule has 0 atom stereocenters. The van der Waals surface area contributed by atoms with E-state index in [1.807, 2.05) is 0 Å². The first-order valence-corrected chi connectivity index (χ1v) is 28.7. The molecule has 0 aromatic rings. The van der Waals surface area contributed by atoms with Gasteiger partial charge in [0.2, 0.25) is 0 Å². The van der Waals surface area contributed by atoms with Crippen LogP contribution in [0.4, 0.5) is 0 Å². The summed E-state index contributed by atoms with van der Waals surface area (Å²) < 4.78 is 8.25. The van der Waals surface area contributed by atoms with E-state index in [4.69, 9.17) is 13.5 Å². The van der Waals surface area contributed by atoms with Gasteiger partial charge in [0.1, 0.15) is 0 Å². The Hall–Kier alpha value is 0.434. The van der Waals surface area contributed by atoms with E-state index >= 15 is 0 Å². The van der Waals surface area contributed by atoms with Crippen molar-refractivity contribution in [2.24, 2.45) is 0 Å². The van der Waals surface area contributed by atoms with Gasteiger partial charge in [-0.05, 0) is 20.3 Å². The Bertz CT molecular complexity index is 547. The van der Waals surface area contributed by atoms with Crippen LogP contribution in [0.1, 0.15) is 343 Å². The second-order valence-electron chi connectivity index (χ2n) is 18.7. The molecular weight excluding hydrogens is 780 g/mol. The van der Waals surface area contributed by atoms with E-state index in [0.717, 1.165) is 39.7 Å². The third-order valence-corrected chi connectivity index (χ3v) is 11.7. The molecule has 0 amide bonds. The zero-order valence-electron chi connectivity index (χ0n) is 43.4. The van der Waals surface area contributed by atoms with E-state index in [-0.39, 0.29) is 6.10 Å². The summed E-state index contributed by atoms with van der Waals surface area (Å²) in [6, 6.07) is 0. The zero-order valence-corrected chi connectivity index (χ0v) is 45.0. The van der Waals surface area contributed by atoms with Gasteiger partial charge in [0.05, 0.1) is 0 Å². The predicted molar refractivity (Wildman–Crippen MR) is 274 cm³/mol. The molecule has 0 saturated heterocycles. The average Bonchev–Trinajstić information content (AvgIpc) is 3.26. The summed E-state index contributed by atoms with van der Waals surface area (Å²) in [5.74, 6) is 0. The molecule has 61 heavy (non-hydrogen) atoms. The summed E-state index contributed by atoms with van der Waals surface area (Å²) in [5.41, 5.74) is 0. The van der Waals surface area contributed by atoms with Gasteiger partial charge < -0.3 is 24.1 Å². The fourth-order valence-corrected chi connectivity index (χ4v) is 7.76. The number of aliphatic hydroxyl groups excluding tert-OH is 2. The van der Waals surface area contributed by atoms with E-state index in [1.54, 1.807) is 13.8 Å². The van der Waals surface area contributed by atoms with Crippen molar-refractivity contribution in [2.45, 2.75) is 349 Å². The van der Waals surface area contributed by atoms with Crippen molar-refractivity contribution in [2.75, 3.05) is 6.61 Å². The third-order valence-electron chi connectivity index (χ3n) is 11.7. The van der Waals surface area contributed by atoms with Gasteiger partial charge in [-0.15, -0.1) is 0 Å². The average molecular weight is 901 g/mol. The molecule has 2 N–H and O–H groups in total. The molecule has 0 heterocycles. The molecule has 4 heteroatoms. The molecule has 0 aliphatic rings. The Balaban J connectivity index is -0.000000241. The van der Waals surface area contributed by atoms with Crippen LogP contribution in [0.15, 0.2) is 0 Å². The molecule has 0 aromatic carbocycles. The second kappa shape index (κ2) is 77.6. The van der Waals surface area contributed by atoms with Gasteiger partial charge in [-0.2, -0.15) is 12.8 Å². The maximum absolute atomic E-state index is 8.67. The van der Waals surface area contributed by atoms with Crippen LogP contribution in [0, 0.1) is 13.8 Å². The zero-order chi connectivity index (χ0) is 46.2. The van der Waals surface area contributed by atoms with Crippen molar-refractivity contribution in [1.29, 1.82) is 0 Å². The molecule has 0 saturated carbocycles. The molecule has 0 bridgehead atoms. The summed E-state index contributed by atoms with van der Waals surface area (Å²) in [4.78, 5) is 0. The SMILES string of the molecule is CC(C)O.CCCCCCCCCCCCCCCCCCO.[CH2-]CCCCCCCCCCCCCCCCC.[CH2-]CCCCCCCCCCCCCCCCC.[O]=[Ti+2]. The standard InChI is InChI=1S/C18H38O.2C18H37.C3H8O.O.Ti/c1-2-3-4-5-6-7-8-9-10-11-12-13-14-15-16-17-18-19;2*1-3-5-7-9-11-13-15-17-18-16-14-12-10-8-6-4-2;1-3(2)4;;/h19H,2-18H2,1H3;2*1,3-18H2,2H3;3-4H,1-2H3;;/q;2*-1;;;+2. The first kappa shape index (κ1) is 70.5. The number of hydrogen-bond donors (Lipinski definition) is 2. The maximum atomic E-state index is 8.67. The molecule has 0 aliphatic heterocycles. The first-order chi connectivity index (χ1) is 30.0. The van der Waals surface area contributed by atoms with Gasteiger partial charge >= 0.3 is 23.7 Å². The van der Waals surface area contributed by atoms with Crippen molar-refractivity contribution < 1.29 is 33.9 Å². The van der Waals surface area contributed by atoms with Crippen molar-refractivity contribution in [3.63, 3.8) is 0 Å². The number of aliphatic hydroxyl groups is 2. The fraction of sp³-hybridized carbons (Fsp3) is 0.965. The normalized spacial score (nSPS) is 10.6. The Kier molecular flexibility index (Phi) is 89.7. The third kappa shape index (κ3) is 95.7. The van der Waals surface area contributed by atoms with Crippen LogP contribution < -0.4 is 0 Å². The second-order valence-corrected chi connectivity index (χ2v) is 18.7. The quantitative estimate of drug-likeness (QED) is 0.0364. The Morgan fingerprint density at radius 1 is 0.295 bits per heavy atom. The van der Waals surface area contributed by atoms with Crippen molar-refractivity contribution in [1.82, 2.24) is 0 Å². The van der Waals surface area contributed by atoms with E-state index in [1.165, 1.54) is 289 Å². The Labute approximate surface area is 401 Å².